The van der Waals surface area contributed by atoms with E-state index in [1.165, 1.54) is 54.6 Å². The van der Waals surface area contributed by atoms with Crippen molar-refractivity contribution in [1.29, 1.82) is 0 Å². The molecule has 9 aromatic rings. The molecule has 0 saturated carbocycles. The molecule has 2 heterocycles. The number of rotatable bonds is 3. The Labute approximate surface area is 258 Å². The summed E-state index contributed by atoms with van der Waals surface area (Å²) in [4.78, 5) is 15.4. The van der Waals surface area contributed by atoms with Crippen molar-refractivity contribution in [2.24, 2.45) is 0 Å². The molecule has 0 spiro atoms. The van der Waals surface area contributed by atoms with Gasteiger partial charge in [0.15, 0.2) is 11.6 Å². The molecule has 45 heavy (non-hydrogen) atoms. The molecule has 4 nitrogen and oxygen atoms in total. The van der Waals surface area contributed by atoms with Gasteiger partial charge in [-0.3, -0.25) is 4.57 Å². The van der Waals surface area contributed by atoms with Crippen molar-refractivity contribution in [3.05, 3.63) is 146 Å². The predicted molar refractivity (Wildman–Crippen MR) is 184 cm³/mol. The summed E-state index contributed by atoms with van der Waals surface area (Å²) in [6.07, 6.45) is 0. The number of hydrogen-bond donors (Lipinski definition) is 0. The number of nitrogens with zero attached hydrogens (tertiary/aromatic N) is 4. The van der Waals surface area contributed by atoms with Gasteiger partial charge in [0.2, 0.25) is 5.95 Å². The first-order valence-electron chi connectivity index (χ1n) is 15.2. The van der Waals surface area contributed by atoms with E-state index in [1.54, 1.807) is 0 Å². The summed E-state index contributed by atoms with van der Waals surface area (Å²) in [7, 11) is 0. The van der Waals surface area contributed by atoms with Crippen LogP contribution < -0.4 is 0 Å². The van der Waals surface area contributed by atoms with Crippen LogP contribution in [0.4, 0.5) is 0 Å². The van der Waals surface area contributed by atoms with E-state index in [0.29, 0.717) is 17.6 Å². The molecule has 0 bridgehead atoms. The van der Waals surface area contributed by atoms with E-state index < -0.39 is 0 Å². The first-order chi connectivity index (χ1) is 22.3. The molecule has 0 atom stereocenters. The van der Waals surface area contributed by atoms with E-state index in [9.17, 15) is 0 Å². The molecule has 0 fully saturated rings. The van der Waals surface area contributed by atoms with Gasteiger partial charge in [0.25, 0.3) is 0 Å². The van der Waals surface area contributed by atoms with Gasteiger partial charge in [-0.1, -0.05) is 133 Å². The van der Waals surface area contributed by atoms with Crippen LogP contribution in [0.25, 0.3) is 94.3 Å². The van der Waals surface area contributed by atoms with Gasteiger partial charge < -0.3 is 0 Å². The average molecular weight is 573 g/mol. The summed E-state index contributed by atoms with van der Waals surface area (Å²) in [6.45, 7) is 0. The van der Waals surface area contributed by atoms with Crippen LogP contribution in [-0.2, 0) is 0 Å². The van der Waals surface area contributed by atoms with Crippen LogP contribution in [0.2, 0.25) is 0 Å². The fourth-order valence-corrected chi connectivity index (χ4v) is 7.24. The third-order valence-electron chi connectivity index (χ3n) is 9.15. The van der Waals surface area contributed by atoms with Gasteiger partial charge >= 0.3 is 0 Å². The standard InChI is InChI=1S/C41H24N4/c1-3-12-26(13-4-1)39-42-40(27-14-5-2-6-15-27)44-41(43-39)45-34-23-22-25-17-11-21-32-30-19-9-10-20-31(30)33-24-28-16-7-8-18-29(28)38(45)36(33)37(34)35(25)32/h1-24H. The fraction of sp³-hybridized carbons (Fsp3) is 0. The maximum absolute atomic E-state index is 5.21. The molecule has 208 valence electrons. The van der Waals surface area contributed by atoms with Crippen LogP contribution in [0.1, 0.15) is 0 Å². The van der Waals surface area contributed by atoms with Crippen LogP contribution >= 0.6 is 0 Å². The monoisotopic (exact) mass is 572 g/mol. The molecular weight excluding hydrogens is 548 g/mol. The zero-order valence-corrected chi connectivity index (χ0v) is 24.1. The second-order valence-corrected chi connectivity index (χ2v) is 11.6. The largest absolute Gasteiger partial charge is 0.277 e. The lowest BCUT2D eigenvalue weighted by Crippen LogP contribution is -2.06. The molecule has 7 aromatic carbocycles. The lowest BCUT2D eigenvalue weighted by Gasteiger charge is -2.15. The average Bonchev–Trinajstić information content (AvgIpc) is 3.41. The number of aromatic nitrogens is 4. The van der Waals surface area contributed by atoms with Crippen LogP contribution in [0.3, 0.4) is 0 Å². The Morgan fingerprint density at radius 1 is 0.400 bits per heavy atom. The quantitative estimate of drug-likeness (QED) is 0.212. The summed E-state index contributed by atoms with van der Waals surface area (Å²) in [6, 6.07) is 51.4. The van der Waals surface area contributed by atoms with E-state index in [4.69, 9.17) is 15.0 Å². The van der Waals surface area contributed by atoms with Crippen LogP contribution in [0.5, 0.6) is 0 Å². The topological polar surface area (TPSA) is 43.6 Å². The van der Waals surface area contributed by atoms with Gasteiger partial charge in [0, 0.05) is 27.3 Å². The predicted octanol–water partition coefficient (Wildman–Crippen LogP) is 10.3. The van der Waals surface area contributed by atoms with Crippen molar-refractivity contribution >= 4 is 43.4 Å². The molecule has 1 aliphatic rings. The number of hydrogen-bond acceptors (Lipinski definition) is 3. The van der Waals surface area contributed by atoms with Gasteiger partial charge in [-0.15, -0.1) is 0 Å². The maximum atomic E-state index is 5.21. The smallest absolute Gasteiger partial charge is 0.238 e. The second kappa shape index (κ2) is 9.18. The molecule has 0 amide bonds. The van der Waals surface area contributed by atoms with Crippen molar-refractivity contribution < 1.29 is 0 Å². The first kappa shape index (κ1) is 24.3. The van der Waals surface area contributed by atoms with Gasteiger partial charge in [-0.25, -0.2) is 4.98 Å². The third-order valence-corrected chi connectivity index (χ3v) is 9.15. The zero-order valence-electron chi connectivity index (χ0n) is 24.1. The van der Waals surface area contributed by atoms with Crippen molar-refractivity contribution in [3.63, 3.8) is 0 Å². The molecular formula is C41H24N4. The summed E-state index contributed by atoms with van der Waals surface area (Å²) >= 11 is 0. The summed E-state index contributed by atoms with van der Waals surface area (Å²) in [5.41, 5.74) is 9.07. The molecule has 4 heteroatoms. The lowest BCUT2D eigenvalue weighted by atomic mass is 9.92. The molecule has 0 radical (unpaired) electrons. The molecule has 1 aliphatic carbocycles. The Balaban J connectivity index is 1.44. The number of fused-ring (bicyclic) bond motifs is 5. The molecule has 0 saturated heterocycles. The van der Waals surface area contributed by atoms with E-state index in [-0.39, 0.29) is 0 Å². The first-order valence-corrected chi connectivity index (χ1v) is 15.2. The van der Waals surface area contributed by atoms with E-state index >= 15 is 0 Å². The molecule has 0 unspecified atom stereocenters. The normalized spacial score (nSPS) is 12.0. The van der Waals surface area contributed by atoms with E-state index in [1.807, 2.05) is 36.4 Å². The highest BCUT2D eigenvalue weighted by atomic mass is 15.2. The second-order valence-electron chi connectivity index (χ2n) is 11.6. The minimum atomic E-state index is 0.607. The van der Waals surface area contributed by atoms with Crippen LogP contribution in [0.15, 0.2) is 146 Å². The summed E-state index contributed by atoms with van der Waals surface area (Å²) in [5.74, 6) is 1.90. The Morgan fingerprint density at radius 2 is 1.00 bits per heavy atom. The fourth-order valence-electron chi connectivity index (χ4n) is 7.24. The summed E-state index contributed by atoms with van der Waals surface area (Å²) < 4.78 is 2.28. The van der Waals surface area contributed by atoms with Gasteiger partial charge in [0.05, 0.1) is 11.0 Å². The Hall–Kier alpha value is -6.13. The van der Waals surface area contributed by atoms with Crippen molar-refractivity contribution in [2.75, 3.05) is 0 Å². The van der Waals surface area contributed by atoms with Crippen LogP contribution in [-0.4, -0.2) is 19.5 Å². The minimum absolute atomic E-state index is 0.607. The third kappa shape index (κ3) is 3.45. The zero-order chi connectivity index (χ0) is 29.5. The van der Waals surface area contributed by atoms with E-state index in [2.05, 4.69) is 114 Å². The number of benzene rings is 7. The maximum Gasteiger partial charge on any atom is 0.238 e. The van der Waals surface area contributed by atoms with E-state index in [0.717, 1.165) is 22.2 Å². The van der Waals surface area contributed by atoms with Gasteiger partial charge in [-0.05, 0) is 50.5 Å². The molecule has 10 rings (SSSR count). The van der Waals surface area contributed by atoms with Crippen molar-refractivity contribution in [2.45, 2.75) is 0 Å². The lowest BCUT2D eigenvalue weighted by molar-refractivity contribution is 0.955. The SMILES string of the molecule is c1ccc(-c2nc(-c3ccccc3)nc(-n3c4ccc5cccc6c5c4c4c(cc5ccccc5c43)-c3ccccc3-6)n2)cc1. The van der Waals surface area contributed by atoms with Crippen LogP contribution in [0, 0.1) is 0 Å². The highest BCUT2D eigenvalue weighted by Gasteiger charge is 2.27. The molecule has 2 aromatic heterocycles. The molecule has 0 N–H and O–H groups in total. The van der Waals surface area contributed by atoms with Crippen molar-refractivity contribution in [3.8, 4) is 51.0 Å². The van der Waals surface area contributed by atoms with Gasteiger partial charge in [-0.2, -0.15) is 9.97 Å². The Kier molecular flexibility index (Phi) is 4.96. The molecule has 0 aliphatic heterocycles. The Morgan fingerprint density at radius 3 is 1.73 bits per heavy atom. The highest BCUT2D eigenvalue weighted by molar-refractivity contribution is 6.33. The highest BCUT2D eigenvalue weighted by Crippen LogP contribution is 2.51. The minimum Gasteiger partial charge on any atom is -0.277 e. The van der Waals surface area contributed by atoms with Gasteiger partial charge in [0.1, 0.15) is 0 Å². The Bertz CT molecular complexity index is 2580. The van der Waals surface area contributed by atoms with Crippen molar-refractivity contribution in [1.82, 2.24) is 19.5 Å². The summed E-state index contributed by atoms with van der Waals surface area (Å²) in [5, 5.41) is 7.30.